The largest absolute Gasteiger partial charge is 0.478 e. The molecular formula is C18H11F3N2O2. The van der Waals surface area contributed by atoms with Crippen LogP contribution in [-0.4, -0.2) is 21.0 Å². The van der Waals surface area contributed by atoms with Gasteiger partial charge < -0.3 is 5.11 Å². The quantitative estimate of drug-likeness (QED) is 0.758. The lowest BCUT2D eigenvalue weighted by Gasteiger charge is -2.08. The molecule has 0 aliphatic carbocycles. The van der Waals surface area contributed by atoms with Gasteiger partial charge in [0.15, 0.2) is 5.82 Å². The van der Waals surface area contributed by atoms with Gasteiger partial charge in [-0.25, -0.2) is 14.8 Å². The second-order valence-corrected chi connectivity index (χ2v) is 5.23. The van der Waals surface area contributed by atoms with Crippen molar-refractivity contribution in [2.45, 2.75) is 6.18 Å². The van der Waals surface area contributed by atoms with Gasteiger partial charge >= 0.3 is 12.1 Å². The summed E-state index contributed by atoms with van der Waals surface area (Å²) < 4.78 is 37.9. The van der Waals surface area contributed by atoms with E-state index < -0.39 is 17.7 Å². The first-order valence-corrected chi connectivity index (χ1v) is 7.19. The molecule has 3 aromatic rings. The molecule has 4 nitrogen and oxygen atoms in total. The zero-order chi connectivity index (χ0) is 18.0. The Balaban J connectivity index is 1.97. The smallest absolute Gasteiger partial charge is 0.416 e. The van der Waals surface area contributed by atoms with E-state index in [4.69, 9.17) is 5.11 Å². The Morgan fingerprint density at radius 3 is 2.32 bits per heavy atom. The van der Waals surface area contributed by atoms with Crippen LogP contribution in [0.5, 0.6) is 0 Å². The number of rotatable bonds is 3. The van der Waals surface area contributed by atoms with E-state index in [0.717, 1.165) is 12.1 Å². The maximum atomic E-state index is 12.6. The van der Waals surface area contributed by atoms with E-state index in [1.807, 2.05) is 0 Å². The summed E-state index contributed by atoms with van der Waals surface area (Å²) in [6.45, 7) is 0. The summed E-state index contributed by atoms with van der Waals surface area (Å²) >= 11 is 0. The van der Waals surface area contributed by atoms with Gasteiger partial charge in [0.1, 0.15) is 0 Å². The van der Waals surface area contributed by atoms with Crippen LogP contribution in [-0.2, 0) is 6.18 Å². The minimum atomic E-state index is -4.40. The molecule has 0 amide bonds. The first-order valence-electron chi connectivity index (χ1n) is 7.19. The normalized spacial score (nSPS) is 11.3. The van der Waals surface area contributed by atoms with E-state index in [-0.39, 0.29) is 5.56 Å². The molecule has 7 heteroatoms. The van der Waals surface area contributed by atoms with Gasteiger partial charge in [-0.1, -0.05) is 24.3 Å². The molecule has 0 unspecified atom stereocenters. The average Bonchev–Trinajstić information content (AvgIpc) is 2.61. The number of carbonyl (C=O) groups is 1. The number of aromatic carboxylic acids is 1. The third-order valence-corrected chi connectivity index (χ3v) is 3.53. The predicted octanol–water partition coefficient (Wildman–Crippen LogP) is 4.53. The second kappa shape index (κ2) is 6.35. The molecule has 1 aromatic heterocycles. The molecule has 0 atom stereocenters. The van der Waals surface area contributed by atoms with E-state index >= 15 is 0 Å². The van der Waals surface area contributed by atoms with Crippen molar-refractivity contribution in [3.05, 3.63) is 71.9 Å². The molecule has 0 saturated carbocycles. The van der Waals surface area contributed by atoms with Crippen LogP contribution in [0.3, 0.4) is 0 Å². The number of benzene rings is 2. The maximum absolute atomic E-state index is 12.6. The number of halogens is 3. The molecule has 126 valence electrons. The average molecular weight is 344 g/mol. The van der Waals surface area contributed by atoms with Crippen molar-refractivity contribution >= 4 is 5.97 Å². The van der Waals surface area contributed by atoms with Crippen LogP contribution in [0.1, 0.15) is 15.9 Å². The lowest BCUT2D eigenvalue weighted by molar-refractivity contribution is -0.137. The zero-order valence-corrected chi connectivity index (χ0v) is 12.7. The molecule has 0 saturated heterocycles. The molecule has 0 aliphatic heterocycles. The van der Waals surface area contributed by atoms with Gasteiger partial charge in [0.25, 0.3) is 0 Å². The first kappa shape index (κ1) is 16.6. The standard InChI is InChI=1S/C18H11F3N2O2/c19-18(20,21)14-6-4-11(5-7-14)15-8-9-22-16(23-15)12-2-1-3-13(10-12)17(24)25/h1-10H,(H,24,25). The van der Waals surface area contributed by atoms with Crippen LogP contribution in [0.15, 0.2) is 60.8 Å². The van der Waals surface area contributed by atoms with Crippen molar-refractivity contribution in [2.24, 2.45) is 0 Å². The van der Waals surface area contributed by atoms with Crippen LogP contribution in [0.2, 0.25) is 0 Å². The number of carboxylic acids is 1. The fraction of sp³-hybridized carbons (Fsp3) is 0.0556. The van der Waals surface area contributed by atoms with Crippen molar-refractivity contribution in [1.82, 2.24) is 9.97 Å². The summed E-state index contributed by atoms with van der Waals surface area (Å²) in [5.74, 6) is -0.777. The number of nitrogens with zero attached hydrogens (tertiary/aromatic N) is 2. The SMILES string of the molecule is O=C(O)c1cccc(-c2nccc(-c3ccc(C(F)(F)F)cc3)n2)c1. The summed E-state index contributed by atoms with van der Waals surface area (Å²) in [5.41, 5.74) is 0.819. The second-order valence-electron chi connectivity index (χ2n) is 5.23. The Morgan fingerprint density at radius 1 is 0.960 bits per heavy atom. The Morgan fingerprint density at radius 2 is 1.68 bits per heavy atom. The molecule has 3 rings (SSSR count). The van der Waals surface area contributed by atoms with Crippen LogP contribution in [0.4, 0.5) is 13.2 Å². The van der Waals surface area contributed by atoms with Gasteiger partial charge in [0, 0.05) is 17.3 Å². The van der Waals surface area contributed by atoms with Crippen LogP contribution in [0.25, 0.3) is 22.6 Å². The molecule has 0 spiro atoms. The van der Waals surface area contributed by atoms with Crippen molar-refractivity contribution in [3.63, 3.8) is 0 Å². The van der Waals surface area contributed by atoms with Gasteiger partial charge in [-0.2, -0.15) is 13.2 Å². The molecule has 1 N–H and O–H groups in total. The molecule has 0 bridgehead atoms. The number of hydrogen-bond donors (Lipinski definition) is 1. The number of alkyl halides is 3. The number of carboxylic acid groups (broad SMARTS) is 1. The molecule has 25 heavy (non-hydrogen) atoms. The highest BCUT2D eigenvalue weighted by molar-refractivity contribution is 5.89. The number of hydrogen-bond acceptors (Lipinski definition) is 3. The lowest BCUT2D eigenvalue weighted by atomic mass is 10.1. The van der Waals surface area contributed by atoms with E-state index in [1.54, 1.807) is 18.2 Å². The molecular weight excluding hydrogens is 333 g/mol. The lowest BCUT2D eigenvalue weighted by Crippen LogP contribution is -2.04. The molecule has 1 heterocycles. The topological polar surface area (TPSA) is 63.1 Å². The van der Waals surface area contributed by atoms with Crippen molar-refractivity contribution in [2.75, 3.05) is 0 Å². The Kier molecular flexibility index (Phi) is 4.22. The third-order valence-electron chi connectivity index (χ3n) is 3.53. The highest BCUT2D eigenvalue weighted by Crippen LogP contribution is 2.30. The zero-order valence-electron chi connectivity index (χ0n) is 12.7. The highest BCUT2D eigenvalue weighted by atomic mass is 19.4. The summed E-state index contributed by atoms with van der Waals surface area (Å²) in [5, 5.41) is 9.05. The van der Waals surface area contributed by atoms with Crippen LogP contribution < -0.4 is 0 Å². The van der Waals surface area contributed by atoms with Crippen LogP contribution in [0, 0.1) is 0 Å². The van der Waals surface area contributed by atoms with E-state index in [1.165, 1.54) is 30.5 Å². The van der Waals surface area contributed by atoms with E-state index in [0.29, 0.717) is 22.6 Å². The third kappa shape index (κ3) is 3.65. The Hall–Kier alpha value is -3.22. The van der Waals surface area contributed by atoms with E-state index in [9.17, 15) is 18.0 Å². The summed E-state index contributed by atoms with van der Waals surface area (Å²) in [7, 11) is 0. The fourth-order valence-electron chi connectivity index (χ4n) is 2.28. The van der Waals surface area contributed by atoms with Crippen molar-refractivity contribution in [3.8, 4) is 22.6 Å². The summed E-state index contributed by atoms with van der Waals surface area (Å²) in [6.07, 6.45) is -2.92. The summed E-state index contributed by atoms with van der Waals surface area (Å²) in [6, 6.07) is 12.4. The monoisotopic (exact) mass is 344 g/mol. The predicted molar refractivity (Wildman–Crippen MR) is 84.9 cm³/mol. The van der Waals surface area contributed by atoms with Crippen molar-refractivity contribution in [1.29, 1.82) is 0 Å². The Labute approximate surface area is 140 Å². The van der Waals surface area contributed by atoms with Gasteiger partial charge in [0.05, 0.1) is 16.8 Å². The Bertz CT molecular complexity index is 922. The summed E-state index contributed by atoms with van der Waals surface area (Å²) in [4.78, 5) is 19.5. The van der Waals surface area contributed by atoms with Gasteiger partial charge in [0.2, 0.25) is 0 Å². The maximum Gasteiger partial charge on any atom is 0.416 e. The van der Waals surface area contributed by atoms with Crippen LogP contribution >= 0.6 is 0 Å². The minimum Gasteiger partial charge on any atom is -0.478 e. The number of aromatic nitrogens is 2. The van der Waals surface area contributed by atoms with Gasteiger partial charge in [-0.3, -0.25) is 0 Å². The van der Waals surface area contributed by atoms with Crippen molar-refractivity contribution < 1.29 is 23.1 Å². The first-order chi connectivity index (χ1) is 11.8. The fourth-order valence-corrected chi connectivity index (χ4v) is 2.28. The molecule has 0 aliphatic rings. The molecule has 0 fully saturated rings. The highest BCUT2D eigenvalue weighted by Gasteiger charge is 2.30. The molecule has 2 aromatic carbocycles. The van der Waals surface area contributed by atoms with E-state index in [2.05, 4.69) is 9.97 Å². The minimum absolute atomic E-state index is 0.0982. The van der Waals surface area contributed by atoms with Gasteiger partial charge in [-0.15, -0.1) is 0 Å². The van der Waals surface area contributed by atoms with Gasteiger partial charge in [-0.05, 0) is 30.3 Å². The molecule has 0 radical (unpaired) electrons.